The lowest BCUT2D eigenvalue weighted by Gasteiger charge is -2.33. The second-order valence-corrected chi connectivity index (χ2v) is 7.84. The lowest BCUT2D eigenvalue weighted by atomic mass is 9.96. The van der Waals surface area contributed by atoms with Gasteiger partial charge in [-0.3, -0.25) is 9.36 Å². The van der Waals surface area contributed by atoms with Crippen molar-refractivity contribution < 1.29 is 0 Å². The average Bonchev–Trinajstić information content (AvgIpc) is 3.47. The van der Waals surface area contributed by atoms with Gasteiger partial charge in [-0.1, -0.05) is 0 Å². The Hall–Kier alpha value is -2.24. The van der Waals surface area contributed by atoms with Crippen molar-refractivity contribution in [2.75, 3.05) is 18.0 Å². The van der Waals surface area contributed by atoms with Crippen molar-refractivity contribution in [3.8, 4) is 0 Å². The topological polar surface area (TPSA) is 63.9 Å². The monoisotopic (exact) mass is 353 g/mol. The molecule has 2 aromatic heterocycles. The molecule has 1 aliphatic heterocycles. The Balaban J connectivity index is 1.42. The van der Waals surface area contributed by atoms with E-state index in [-0.39, 0.29) is 5.56 Å². The summed E-state index contributed by atoms with van der Waals surface area (Å²) in [6.07, 6.45) is 6.29. The molecule has 2 aromatic rings. The molecule has 6 nitrogen and oxygen atoms in total. The molecule has 0 bridgehead atoms. The van der Waals surface area contributed by atoms with Crippen LogP contribution in [0.15, 0.2) is 17.2 Å². The minimum Gasteiger partial charge on any atom is -0.356 e. The number of hydrogen-bond acceptors (Lipinski definition) is 5. The van der Waals surface area contributed by atoms with E-state index in [4.69, 9.17) is 4.98 Å². The van der Waals surface area contributed by atoms with Crippen LogP contribution < -0.4 is 10.5 Å². The summed E-state index contributed by atoms with van der Waals surface area (Å²) in [5.74, 6) is 3.19. The van der Waals surface area contributed by atoms with Gasteiger partial charge in [0.15, 0.2) is 0 Å². The van der Waals surface area contributed by atoms with E-state index in [1.807, 2.05) is 13.8 Å². The Morgan fingerprint density at radius 3 is 2.50 bits per heavy atom. The van der Waals surface area contributed by atoms with Crippen LogP contribution in [-0.2, 0) is 6.54 Å². The minimum absolute atomic E-state index is 0.0976. The molecule has 1 saturated heterocycles. The smallest absolute Gasteiger partial charge is 0.256 e. The van der Waals surface area contributed by atoms with Crippen molar-refractivity contribution in [3.63, 3.8) is 0 Å². The third kappa shape index (κ3) is 3.50. The normalized spacial score (nSPS) is 18.3. The van der Waals surface area contributed by atoms with Crippen LogP contribution in [0.5, 0.6) is 0 Å². The highest BCUT2D eigenvalue weighted by atomic mass is 16.1. The SMILES string of the molecule is Cc1cc(N2CCC(Cn3cnc(C)c(C)c3=O)CC2)nc(C2CC2)n1. The predicted molar refractivity (Wildman–Crippen MR) is 102 cm³/mol. The molecule has 0 unspecified atom stereocenters. The minimum atomic E-state index is 0.0976. The van der Waals surface area contributed by atoms with Gasteiger partial charge in [0.25, 0.3) is 5.56 Å². The molecule has 4 rings (SSSR count). The molecule has 138 valence electrons. The van der Waals surface area contributed by atoms with Crippen LogP contribution in [0.2, 0.25) is 0 Å². The highest BCUT2D eigenvalue weighted by Crippen LogP contribution is 2.38. The van der Waals surface area contributed by atoms with Gasteiger partial charge in [0.1, 0.15) is 11.6 Å². The summed E-state index contributed by atoms with van der Waals surface area (Å²) in [6.45, 7) is 8.54. The summed E-state index contributed by atoms with van der Waals surface area (Å²) >= 11 is 0. The molecular weight excluding hydrogens is 326 g/mol. The Bertz CT molecular complexity index is 863. The fraction of sp³-hybridized carbons (Fsp3) is 0.600. The van der Waals surface area contributed by atoms with Crippen LogP contribution in [0.3, 0.4) is 0 Å². The van der Waals surface area contributed by atoms with E-state index >= 15 is 0 Å². The van der Waals surface area contributed by atoms with Crippen molar-refractivity contribution in [2.24, 2.45) is 5.92 Å². The van der Waals surface area contributed by atoms with Gasteiger partial charge in [0.2, 0.25) is 0 Å². The molecule has 2 fully saturated rings. The zero-order valence-electron chi connectivity index (χ0n) is 15.9. The number of nitrogens with zero attached hydrogens (tertiary/aromatic N) is 5. The van der Waals surface area contributed by atoms with Crippen LogP contribution in [-0.4, -0.2) is 32.6 Å². The maximum Gasteiger partial charge on any atom is 0.256 e. The van der Waals surface area contributed by atoms with Gasteiger partial charge in [0.05, 0.1) is 6.33 Å². The largest absolute Gasteiger partial charge is 0.356 e. The highest BCUT2D eigenvalue weighted by Gasteiger charge is 2.28. The van der Waals surface area contributed by atoms with E-state index in [2.05, 4.69) is 27.9 Å². The summed E-state index contributed by atoms with van der Waals surface area (Å²) in [4.78, 5) is 28.5. The van der Waals surface area contributed by atoms with Gasteiger partial charge in [0, 0.05) is 48.6 Å². The molecule has 26 heavy (non-hydrogen) atoms. The van der Waals surface area contributed by atoms with Crippen LogP contribution in [0.4, 0.5) is 5.82 Å². The fourth-order valence-corrected chi connectivity index (χ4v) is 3.69. The van der Waals surface area contributed by atoms with Crippen molar-refractivity contribution in [3.05, 3.63) is 45.5 Å². The van der Waals surface area contributed by atoms with E-state index in [0.29, 0.717) is 11.8 Å². The molecule has 0 atom stereocenters. The van der Waals surface area contributed by atoms with Crippen LogP contribution >= 0.6 is 0 Å². The van der Waals surface area contributed by atoms with Gasteiger partial charge in [-0.25, -0.2) is 15.0 Å². The Morgan fingerprint density at radius 2 is 1.81 bits per heavy atom. The average molecular weight is 353 g/mol. The Morgan fingerprint density at radius 1 is 1.08 bits per heavy atom. The van der Waals surface area contributed by atoms with Gasteiger partial charge in [-0.05, 0) is 52.4 Å². The number of anilines is 1. The maximum atomic E-state index is 12.4. The Kier molecular flexibility index (Phi) is 4.51. The predicted octanol–water partition coefficient (Wildman–Crippen LogP) is 2.75. The molecule has 2 aliphatic rings. The number of hydrogen-bond donors (Lipinski definition) is 0. The standard InChI is InChI=1S/C20H27N5O/c1-13-10-18(23-19(22-13)17-4-5-17)24-8-6-16(7-9-24)11-25-12-21-15(3)14(2)20(25)26/h10,12,16-17H,4-9,11H2,1-3H3. The molecule has 6 heteroatoms. The first-order valence-corrected chi connectivity index (χ1v) is 9.64. The number of aryl methyl sites for hydroxylation is 2. The first-order chi connectivity index (χ1) is 12.5. The number of aromatic nitrogens is 4. The van der Waals surface area contributed by atoms with Gasteiger partial charge >= 0.3 is 0 Å². The second kappa shape index (κ2) is 6.82. The van der Waals surface area contributed by atoms with E-state index in [0.717, 1.165) is 61.1 Å². The lowest BCUT2D eigenvalue weighted by Crippen LogP contribution is -2.37. The quantitative estimate of drug-likeness (QED) is 0.846. The number of piperidine rings is 1. The third-order valence-corrected chi connectivity index (χ3v) is 5.71. The highest BCUT2D eigenvalue weighted by molar-refractivity contribution is 5.41. The maximum absolute atomic E-state index is 12.4. The summed E-state index contributed by atoms with van der Waals surface area (Å²) in [5.41, 5.74) is 2.74. The molecule has 0 N–H and O–H groups in total. The van der Waals surface area contributed by atoms with Gasteiger partial charge in [-0.2, -0.15) is 0 Å². The van der Waals surface area contributed by atoms with Crippen LogP contribution in [0.1, 0.15) is 54.4 Å². The summed E-state index contributed by atoms with van der Waals surface area (Å²) < 4.78 is 1.78. The van der Waals surface area contributed by atoms with E-state index in [9.17, 15) is 4.79 Å². The van der Waals surface area contributed by atoms with Gasteiger partial charge in [-0.15, -0.1) is 0 Å². The van der Waals surface area contributed by atoms with Crippen LogP contribution in [0.25, 0.3) is 0 Å². The van der Waals surface area contributed by atoms with Crippen molar-refractivity contribution in [1.82, 2.24) is 19.5 Å². The van der Waals surface area contributed by atoms with Gasteiger partial charge < -0.3 is 4.90 Å². The lowest BCUT2D eigenvalue weighted by molar-refractivity contribution is 0.349. The molecule has 0 aromatic carbocycles. The summed E-state index contributed by atoms with van der Waals surface area (Å²) in [7, 11) is 0. The zero-order chi connectivity index (χ0) is 18.3. The van der Waals surface area contributed by atoms with E-state index in [1.54, 1.807) is 10.9 Å². The number of rotatable bonds is 4. The third-order valence-electron chi connectivity index (χ3n) is 5.71. The van der Waals surface area contributed by atoms with Crippen LogP contribution in [0, 0.1) is 26.7 Å². The van der Waals surface area contributed by atoms with E-state index < -0.39 is 0 Å². The molecule has 0 spiro atoms. The first-order valence-electron chi connectivity index (χ1n) is 9.64. The summed E-state index contributed by atoms with van der Waals surface area (Å²) in [6, 6.07) is 2.10. The first kappa shape index (κ1) is 17.2. The molecule has 0 amide bonds. The molecule has 1 saturated carbocycles. The molecular formula is C20H27N5O. The molecule has 3 heterocycles. The van der Waals surface area contributed by atoms with E-state index in [1.165, 1.54) is 12.8 Å². The fourth-order valence-electron chi connectivity index (χ4n) is 3.69. The molecule has 1 aliphatic carbocycles. The molecule has 0 radical (unpaired) electrons. The second-order valence-electron chi connectivity index (χ2n) is 7.84. The summed E-state index contributed by atoms with van der Waals surface area (Å²) in [5, 5.41) is 0. The van der Waals surface area contributed by atoms with Crippen molar-refractivity contribution in [2.45, 2.75) is 58.9 Å². The van der Waals surface area contributed by atoms with Crippen molar-refractivity contribution in [1.29, 1.82) is 0 Å². The van der Waals surface area contributed by atoms with Crippen molar-refractivity contribution >= 4 is 5.82 Å². The zero-order valence-corrected chi connectivity index (χ0v) is 15.9. The Labute approximate surface area is 154 Å².